The predicted octanol–water partition coefficient (Wildman–Crippen LogP) is 16.2. The van der Waals surface area contributed by atoms with Crippen molar-refractivity contribution in [3.05, 3.63) is 199 Å². The second-order valence-electron chi connectivity index (χ2n) is 16.0. The van der Waals surface area contributed by atoms with Crippen molar-refractivity contribution >= 4 is 81.3 Å². The summed E-state index contributed by atoms with van der Waals surface area (Å²) in [6.45, 7) is 4.70. The molecule has 11 aromatic rings. The molecule has 0 saturated heterocycles. The van der Waals surface area contributed by atoms with Gasteiger partial charge in [-0.25, -0.2) is 0 Å². The van der Waals surface area contributed by atoms with Crippen LogP contribution in [-0.4, -0.2) is 0 Å². The normalized spacial score (nSPS) is 13.1. The van der Waals surface area contributed by atoms with Gasteiger partial charge < -0.3 is 9.32 Å². The molecule has 0 bridgehead atoms. The SMILES string of the molecule is CC1(C)c2ccccc2-c2ccc(N(c3ccccc3)c3cccc4oc5c6ccccc6c(-c6cccc7c6sc6c(-c8ccccc8)cccc67)cc5c34)cc21. The molecule has 0 spiro atoms. The highest BCUT2D eigenvalue weighted by molar-refractivity contribution is 7.26. The van der Waals surface area contributed by atoms with Crippen LogP contribution in [0.5, 0.6) is 0 Å². The van der Waals surface area contributed by atoms with Gasteiger partial charge in [-0.2, -0.15) is 0 Å². The zero-order valence-corrected chi connectivity index (χ0v) is 33.0. The maximum atomic E-state index is 6.94. The highest BCUT2D eigenvalue weighted by Gasteiger charge is 2.36. The Kier molecular flexibility index (Phi) is 7.18. The Labute approximate surface area is 340 Å². The second kappa shape index (κ2) is 12.5. The Morgan fingerprint density at radius 2 is 1.05 bits per heavy atom. The fourth-order valence-electron chi connectivity index (χ4n) is 9.75. The largest absolute Gasteiger partial charge is 0.455 e. The van der Waals surface area contributed by atoms with Crippen molar-refractivity contribution in [3.63, 3.8) is 0 Å². The van der Waals surface area contributed by atoms with Gasteiger partial charge in [-0.15, -0.1) is 11.3 Å². The van der Waals surface area contributed by atoms with E-state index < -0.39 is 0 Å². The number of para-hydroxylation sites is 1. The lowest BCUT2D eigenvalue weighted by Crippen LogP contribution is -2.16. The number of furan rings is 1. The molecule has 2 aromatic heterocycles. The van der Waals surface area contributed by atoms with Crippen LogP contribution in [0.25, 0.3) is 86.3 Å². The molecule has 58 heavy (non-hydrogen) atoms. The minimum Gasteiger partial charge on any atom is -0.455 e. The average molecular weight is 760 g/mol. The van der Waals surface area contributed by atoms with E-state index in [0.717, 1.165) is 44.4 Å². The zero-order valence-electron chi connectivity index (χ0n) is 32.2. The van der Waals surface area contributed by atoms with Crippen molar-refractivity contribution in [2.24, 2.45) is 0 Å². The summed E-state index contributed by atoms with van der Waals surface area (Å²) in [6, 6.07) is 68.6. The van der Waals surface area contributed by atoms with E-state index in [4.69, 9.17) is 4.42 Å². The van der Waals surface area contributed by atoms with Gasteiger partial charge in [-0.3, -0.25) is 0 Å². The summed E-state index contributed by atoms with van der Waals surface area (Å²) in [7, 11) is 0. The molecule has 0 unspecified atom stereocenters. The third-order valence-corrected chi connectivity index (χ3v) is 13.7. The molecule has 1 aliphatic rings. The molecular weight excluding hydrogens is 723 g/mol. The van der Waals surface area contributed by atoms with Crippen molar-refractivity contribution in [1.82, 2.24) is 0 Å². The lowest BCUT2D eigenvalue weighted by molar-refractivity contribution is 0.660. The van der Waals surface area contributed by atoms with E-state index in [0.29, 0.717) is 0 Å². The van der Waals surface area contributed by atoms with Crippen LogP contribution in [0, 0.1) is 0 Å². The van der Waals surface area contributed by atoms with Crippen LogP contribution in [0.3, 0.4) is 0 Å². The third-order valence-electron chi connectivity index (χ3n) is 12.5. The first-order valence-corrected chi connectivity index (χ1v) is 20.8. The first-order chi connectivity index (χ1) is 28.5. The van der Waals surface area contributed by atoms with Crippen molar-refractivity contribution < 1.29 is 4.42 Å². The number of hydrogen-bond donors (Lipinski definition) is 0. The Balaban J connectivity index is 1.12. The number of thiophene rings is 1. The maximum Gasteiger partial charge on any atom is 0.143 e. The minimum atomic E-state index is -0.123. The summed E-state index contributed by atoms with van der Waals surface area (Å²) in [5.41, 5.74) is 15.3. The van der Waals surface area contributed by atoms with Crippen molar-refractivity contribution in [2.45, 2.75) is 19.3 Å². The summed E-state index contributed by atoms with van der Waals surface area (Å²) in [4.78, 5) is 2.42. The Bertz CT molecular complexity index is 3430. The monoisotopic (exact) mass is 759 g/mol. The van der Waals surface area contributed by atoms with E-state index in [1.807, 2.05) is 11.3 Å². The first kappa shape index (κ1) is 33.2. The smallest absolute Gasteiger partial charge is 0.143 e. The number of anilines is 3. The lowest BCUT2D eigenvalue weighted by Gasteiger charge is -2.28. The predicted molar refractivity (Wildman–Crippen MR) is 247 cm³/mol. The standard InChI is InChI=1S/C55H37NOS/c1-55(2)47-27-12-11-21-39(47)40-31-30-36(32-48(40)55)56(35-18-7-4-8-19-35)49-28-15-29-50-51(49)46-33-45(38-20-9-10-22-41(38)52(46)57-50)44-26-14-25-43-42-24-13-23-37(53(42)58-54(43)44)34-16-5-3-6-17-34/h3-33H,1-2H3. The topological polar surface area (TPSA) is 16.4 Å². The maximum absolute atomic E-state index is 6.94. The van der Waals surface area contributed by atoms with Crippen molar-refractivity contribution in [1.29, 1.82) is 0 Å². The van der Waals surface area contributed by atoms with E-state index in [9.17, 15) is 0 Å². The zero-order chi connectivity index (χ0) is 38.5. The molecule has 0 aliphatic heterocycles. The highest BCUT2D eigenvalue weighted by atomic mass is 32.1. The van der Waals surface area contributed by atoms with Crippen LogP contribution < -0.4 is 4.90 Å². The molecule has 3 heteroatoms. The molecule has 1 aliphatic carbocycles. The fourth-order valence-corrected chi connectivity index (χ4v) is 11.1. The summed E-state index contributed by atoms with van der Waals surface area (Å²) in [5, 5.41) is 7.09. The van der Waals surface area contributed by atoms with Crippen LogP contribution in [0.1, 0.15) is 25.0 Å². The molecule has 0 radical (unpaired) electrons. The second-order valence-corrected chi connectivity index (χ2v) is 17.0. The number of fused-ring (bicyclic) bond motifs is 11. The van der Waals surface area contributed by atoms with Gasteiger partial charge in [0.15, 0.2) is 0 Å². The van der Waals surface area contributed by atoms with Gasteiger partial charge in [0.1, 0.15) is 11.2 Å². The summed E-state index contributed by atoms with van der Waals surface area (Å²) in [5.74, 6) is 0. The Hall–Kier alpha value is -6.94. The quantitative estimate of drug-likeness (QED) is 0.174. The van der Waals surface area contributed by atoms with Gasteiger partial charge >= 0.3 is 0 Å². The van der Waals surface area contributed by atoms with E-state index in [1.165, 1.54) is 70.1 Å². The minimum absolute atomic E-state index is 0.123. The Morgan fingerprint density at radius 1 is 0.431 bits per heavy atom. The van der Waals surface area contributed by atoms with Crippen LogP contribution in [-0.2, 0) is 5.41 Å². The molecule has 2 nitrogen and oxygen atoms in total. The number of rotatable bonds is 5. The summed E-state index contributed by atoms with van der Waals surface area (Å²) >= 11 is 1.90. The first-order valence-electron chi connectivity index (χ1n) is 20.0. The summed E-state index contributed by atoms with van der Waals surface area (Å²) in [6.07, 6.45) is 0. The Morgan fingerprint density at radius 3 is 1.86 bits per heavy atom. The van der Waals surface area contributed by atoms with E-state index in [2.05, 4.69) is 207 Å². The van der Waals surface area contributed by atoms with Gasteiger partial charge in [0.25, 0.3) is 0 Å². The fraction of sp³-hybridized carbons (Fsp3) is 0.0545. The van der Waals surface area contributed by atoms with E-state index >= 15 is 0 Å². The van der Waals surface area contributed by atoms with Crippen LogP contribution >= 0.6 is 11.3 Å². The van der Waals surface area contributed by atoms with E-state index in [-0.39, 0.29) is 5.41 Å². The van der Waals surface area contributed by atoms with Gasteiger partial charge in [-0.05, 0) is 86.8 Å². The molecule has 0 fully saturated rings. The summed E-state index contributed by atoms with van der Waals surface area (Å²) < 4.78 is 9.56. The molecule has 12 rings (SSSR count). The molecule has 0 amide bonds. The van der Waals surface area contributed by atoms with Crippen LogP contribution in [0.15, 0.2) is 192 Å². The van der Waals surface area contributed by atoms with Gasteiger partial charge in [0.2, 0.25) is 0 Å². The molecule has 2 heterocycles. The third kappa shape index (κ3) is 4.77. The van der Waals surface area contributed by atoms with Crippen molar-refractivity contribution in [2.75, 3.05) is 4.90 Å². The molecule has 9 aromatic carbocycles. The number of hydrogen-bond acceptors (Lipinski definition) is 3. The number of nitrogens with zero attached hydrogens (tertiary/aromatic N) is 1. The molecule has 0 saturated carbocycles. The molecule has 0 N–H and O–H groups in total. The van der Waals surface area contributed by atoms with Gasteiger partial charge in [0, 0.05) is 53.3 Å². The molecular formula is C55H37NOS. The van der Waals surface area contributed by atoms with Crippen LogP contribution in [0.2, 0.25) is 0 Å². The van der Waals surface area contributed by atoms with Gasteiger partial charge in [0.05, 0.1) is 11.1 Å². The number of benzene rings is 9. The van der Waals surface area contributed by atoms with E-state index in [1.54, 1.807) is 0 Å². The van der Waals surface area contributed by atoms with Crippen molar-refractivity contribution in [3.8, 4) is 33.4 Å². The molecule has 274 valence electrons. The highest BCUT2D eigenvalue weighted by Crippen LogP contribution is 2.53. The molecule has 0 atom stereocenters. The average Bonchev–Trinajstić information content (AvgIpc) is 3.93. The van der Waals surface area contributed by atoms with Gasteiger partial charge in [-0.1, -0.05) is 159 Å². The van der Waals surface area contributed by atoms with Crippen LogP contribution in [0.4, 0.5) is 17.1 Å². The lowest BCUT2D eigenvalue weighted by atomic mass is 9.82.